The van der Waals surface area contributed by atoms with Gasteiger partial charge < -0.3 is 9.84 Å². The van der Waals surface area contributed by atoms with Crippen molar-refractivity contribution in [3.63, 3.8) is 0 Å². The first-order valence-electron chi connectivity index (χ1n) is 6.24. The van der Waals surface area contributed by atoms with E-state index in [0.717, 1.165) is 0 Å². The fourth-order valence-electron chi connectivity index (χ4n) is 1.86. The Morgan fingerprint density at radius 1 is 1.19 bits per heavy atom. The predicted molar refractivity (Wildman–Crippen MR) is 79.0 cm³/mol. The number of ketones is 1. The van der Waals surface area contributed by atoms with Crippen LogP contribution in [0.3, 0.4) is 0 Å². The SMILES string of the molecule is COc1ccccc1C(=O)/C(C#N)=C/c1ccc(O)cc1. The zero-order valence-electron chi connectivity index (χ0n) is 11.4. The molecule has 0 aliphatic carbocycles. The molecule has 0 spiro atoms. The fourth-order valence-corrected chi connectivity index (χ4v) is 1.86. The van der Waals surface area contributed by atoms with Gasteiger partial charge in [0.05, 0.1) is 12.7 Å². The van der Waals surface area contributed by atoms with E-state index in [4.69, 9.17) is 4.74 Å². The van der Waals surface area contributed by atoms with E-state index < -0.39 is 5.78 Å². The van der Waals surface area contributed by atoms with Crippen LogP contribution in [0.2, 0.25) is 0 Å². The molecule has 4 heteroatoms. The molecule has 0 aliphatic rings. The molecule has 104 valence electrons. The molecule has 21 heavy (non-hydrogen) atoms. The summed E-state index contributed by atoms with van der Waals surface area (Å²) in [5.74, 6) is 0.152. The quantitative estimate of drug-likeness (QED) is 0.530. The molecule has 0 atom stereocenters. The number of Topliss-reactive ketones (excluding diaryl/α,β-unsaturated/α-hetero) is 1. The summed E-state index contributed by atoms with van der Waals surface area (Å²) >= 11 is 0. The Bertz CT molecular complexity index is 724. The molecule has 4 nitrogen and oxygen atoms in total. The number of aromatic hydroxyl groups is 1. The second kappa shape index (κ2) is 6.40. The van der Waals surface area contributed by atoms with Gasteiger partial charge in [0.1, 0.15) is 23.1 Å². The lowest BCUT2D eigenvalue weighted by Gasteiger charge is -2.06. The fraction of sp³-hybridized carbons (Fsp3) is 0.0588. The van der Waals surface area contributed by atoms with Crippen LogP contribution in [-0.2, 0) is 0 Å². The van der Waals surface area contributed by atoms with Crippen LogP contribution in [0.5, 0.6) is 11.5 Å². The van der Waals surface area contributed by atoms with E-state index in [1.54, 1.807) is 36.4 Å². The molecule has 0 amide bonds. The van der Waals surface area contributed by atoms with E-state index in [-0.39, 0.29) is 11.3 Å². The molecule has 2 rings (SSSR count). The number of hydrogen-bond acceptors (Lipinski definition) is 4. The third-order valence-electron chi connectivity index (χ3n) is 2.92. The number of nitrogens with zero attached hydrogens (tertiary/aromatic N) is 1. The van der Waals surface area contributed by atoms with Crippen molar-refractivity contribution in [2.75, 3.05) is 7.11 Å². The lowest BCUT2D eigenvalue weighted by molar-refractivity contribution is 0.103. The van der Waals surface area contributed by atoms with Crippen molar-refractivity contribution in [1.82, 2.24) is 0 Å². The van der Waals surface area contributed by atoms with Crippen LogP contribution in [-0.4, -0.2) is 18.0 Å². The van der Waals surface area contributed by atoms with Crippen molar-refractivity contribution in [2.45, 2.75) is 0 Å². The van der Waals surface area contributed by atoms with Crippen LogP contribution >= 0.6 is 0 Å². The summed E-state index contributed by atoms with van der Waals surface area (Å²) in [5, 5.41) is 18.4. The van der Waals surface area contributed by atoms with Gasteiger partial charge in [-0.1, -0.05) is 24.3 Å². The number of carbonyl (C=O) groups excluding carboxylic acids is 1. The second-order valence-electron chi connectivity index (χ2n) is 4.29. The molecule has 2 aromatic rings. The Kier molecular flexibility index (Phi) is 4.37. The van der Waals surface area contributed by atoms with Crippen LogP contribution in [0.1, 0.15) is 15.9 Å². The lowest BCUT2D eigenvalue weighted by Crippen LogP contribution is -2.04. The summed E-state index contributed by atoms with van der Waals surface area (Å²) in [4.78, 5) is 12.4. The number of benzene rings is 2. The van der Waals surface area contributed by atoms with Gasteiger partial charge in [-0.3, -0.25) is 4.79 Å². The number of carbonyl (C=O) groups is 1. The van der Waals surface area contributed by atoms with E-state index >= 15 is 0 Å². The molecule has 0 unspecified atom stereocenters. The van der Waals surface area contributed by atoms with Gasteiger partial charge in [0, 0.05) is 0 Å². The number of methoxy groups -OCH3 is 1. The molecular weight excluding hydrogens is 266 g/mol. The molecule has 0 saturated heterocycles. The van der Waals surface area contributed by atoms with Crippen molar-refractivity contribution in [2.24, 2.45) is 0 Å². The molecule has 0 aliphatic heterocycles. The van der Waals surface area contributed by atoms with Gasteiger partial charge in [-0.05, 0) is 35.9 Å². The van der Waals surface area contributed by atoms with Crippen molar-refractivity contribution in [3.05, 3.63) is 65.2 Å². The first-order valence-corrected chi connectivity index (χ1v) is 6.24. The number of allylic oxidation sites excluding steroid dienone is 1. The highest BCUT2D eigenvalue weighted by Crippen LogP contribution is 2.22. The minimum Gasteiger partial charge on any atom is -0.508 e. The van der Waals surface area contributed by atoms with Crippen LogP contribution in [0.4, 0.5) is 0 Å². The summed E-state index contributed by atoms with van der Waals surface area (Å²) in [6.45, 7) is 0. The highest BCUT2D eigenvalue weighted by Gasteiger charge is 2.16. The number of rotatable bonds is 4. The molecule has 0 heterocycles. The molecule has 0 aromatic heterocycles. The third-order valence-corrected chi connectivity index (χ3v) is 2.92. The van der Waals surface area contributed by atoms with E-state index in [1.807, 2.05) is 6.07 Å². The van der Waals surface area contributed by atoms with Gasteiger partial charge in [0.2, 0.25) is 5.78 Å². The van der Waals surface area contributed by atoms with Crippen molar-refractivity contribution < 1.29 is 14.6 Å². The first kappa shape index (κ1) is 14.4. The maximum Gasteiger partial charge on any atom is 0.207 e. The Morgan fingerprint density at radius 2 is 1.86 bits per heavy atom. The summed E-state index contributed by atoms with van der Waals surface area (Å²) in [6.07, 6.45) is 1.48. The standard InChI is InChI=1S/C17H13NO3/c1-21-16-5-3-2-4-15(16)17(20)13(11-18)10-12-6-8-14(19)9-7-12/h2-10,19H,1H3/b13-10+. The largest absolute Gasteiger partial charge is 0.508 e. The topological polar surface area (TPSA) is 70.3 Å². The van der Waals surface area contributed by atoms with Crippen molar-refractivity contribution in [1.29, 1.82) is 5.26 Å². The Balaban J connectivity index is 2.39. The van der Waals surface area contributed by atoms with Crippen LogP contribution in [0, 0.1) is 11.3 Å². The Hall–Kier alpha value is -3.06. The minimum absolute atomic E-state index is 0.00481. The van der Waals surface area contributed by atoms with Gasteiger partial charge in [0.25, 0.3) is 0 Å². The molecule has 0 saturated carbocycles. The smallest absolute Gasteiger partial charge is 0.207 e. The van der Waals surface area contributed by atoms with Gasteiger partial charge >= 0.3 is 0 Å². The zero-order chi connectivity index (χ0) is 15.2. The Morgan fingerprint density at radius 3 is 2.48 bits per heavy atom. The van der Waals surface area contributed by atoms with E-state index in [9.17, 15) is 15.2 Å². The van der Waals surface area contributed by atoms with Gasteiger partial charge in [0.15, 0.2) is 0 Å². The third kappa shape index (κ3) is 3.28. The maximum atomic E-state index is 12.4. The molecule has 0 fully saturated rings. The number of phenolic OH excluding ortho intramolecular Hbond substituents is 1. The van der Waals surface area contributed by atoms with Crippen LogP contribution < -0.4 is 4.74 Å². The number of hydrogen-bond donors (Lipinski definition) is 1. The first-order chi connectivity index (χ1) is 10.2. The van der Waals surface area contributed by atoms with E-state index in [2.05, 4.69) is 0 Å². The average Bonchev–Trinajstić information content (AvgIpc) is 2.53. The van der Waals surface area contributed by atoms with Gasteiger partial charge in [-0.25, -0.2) is 0 Å². The van der Waals surface area contributed by atoms with Crippen LogP contribution in [0.15, 0.2) is 54.1 Å². The predicted octanol–water partition coefficient (Wildman–Crippen LogP) is 3.19. The highest BCUT2D eigenvalue weighted by atomic mass is 16.5. The Labute approximate surface area is 122 Å². The zero-order valence-corrected chi connectivity index (χ0v) is 11.4. The van der Waals surface area contributed by atoms with E-state index in [0.29, 0.717) is 16.9 Å². The average molecular weight is 279 g/mol. The molecule has 0 radical (unpaired) electrons. The van der Waals surface area contributed by atoms with Gasteiger partial charge in [-0.2, -0.15) is 5.26 Å². The lowest BCUT2D eigenvalue weighted by atomic mass is 10.0. The minimum atomic E-state index is -0.400. The van der Waals surface area contributed by atoms with Crippen LogP contribution in [0.25, 0.3) is 6.08 Å². The number of nitriles is 1. The second-order valence-corrected chi connectivity index (χ2v) is 4.29. The van der Waals surface area contributed by atoms with E-state index in [1.165, 1.54) is 25.3 Å². The number of ether oxygens (including phenoxy) is 1. The molecular formula is C17H13NO3. The normalized spacial score (nSPS) is 10.8. The highest BCUT2D eigenvalue weighted by molar-refractivity contribution is 6.15. The number of phenols is 1. The summed E-state index contributed by atoms with van der Waals surface area (Å²) in [6, 6.07) is 14.9. The van der Waals surface area contributed by atoms with Crippen molar-refractivity contribution in [3.8, 4) is 17.6 Å². The molecule has 1 N–H and O–H groups in total. The monoisotopic (exact) mass is 279 g/mol. The van der Waals surface area contributed by atoms with Gasteiger partial charge in [-0.15, -0.1) is 0 Å². The maximum absolute atomic E-state index is 12.4. The summed E-state index contributed by atoms with van der Waals surface area (Å²) in [5.41, 5.74) is 1.00. The molecule has 0 bridgehead atoms. The summed E-state index contributed by atoms with van der Waals surface area (Å²) < 4.78 is 5.14. The number of para-hydroxylation sites is 1. The summed E-state index contributed by atoms with van der Waals surface area (Å²) in [7, 11) is 1.47. The molecule has 2 aromatic carbocycles. The van der Waals surface area contributed by atoms with Crippen molar-refractivity contribution >= 4 is 11.9 Å².